The number of pyridine rings is 1. The molecule has 2 aromatic heterocycles. The van der Waals surface area contributed by atoms with Crippen LogP contribution in [0.1, 0.15) is 13.3 Å². The Balaban J connectivity index is 2.05. The summed E-state index contributed by atoms with van der Waals surface area (Å²) in [6, 6.07) is 11.0. The van der Waals surface area contributed by atoms with Crippen LogP contribution >= 0.6 is 0 Å². The van der Waals surface area contributed by atoms with Gasteiger partial charge in [-0.1, -0.05) is 25.1 Å². The van der Waals surface area contributed by atoms with Gasteiger partial charge >= 0.3 is 0 Å². The average Bonchev–Trinajstić information content (AvgIpc) is 2.58. The van der Waals surface area contributed by atoms with Crippen LogP contribution < -0.4 is 10.3 Å². The highest BCUT2D eigenvalue weighted by atomic mass is 32.2. The number of hydrogen-bond donors (Lipinski definition) is 1. The van der Waals surface area contributed by atoms with Gasteiger partial charge in [0.2, 0.25) is 5.95 Å². The van der Waals surface area contributed by atoms with Gasteiger partial charge in [-0.2, -0.15) is 4.98 Å². The number of nitrogens with zero attached hydrogens (tertiary/aromatic N) is 3. The van der Waals surface area contributed by atoms with E-state index >= 15 is 0 Å². The van der Waals surface area contributed by atoms with Gasteiger partial charge in [-0.25, -0.2) is 18.1 Å². The maximum absolute atomic E-state index is 12.4. The van der Waals surface area contributed by atoms with Gasteiger partial charge in [0.15, 0.2) is 0 Å². The van der Waals surface area contributed by atoms with Gasteiger partial charge in [-0.05, 0) is 24.6 Å². The number of hydrogen-bond acceptors (Lipinski definition) is 5. The quantitative estimate of drug-likeness (QED) is 0.764. The number of aryl methyl sites for hydroxylation is 1. The maximum Gasteiger partial charge on any atom is 0.264 e. The van der Waals surface area contributed by atoms with E-state index in [0.717, 1.165) is 6.42 Å². The van der Waals surface area contributed by atoms with Crippen molar-refractivity contribution in [3.63, 3.8) is 0 Å². The molecular formula is C16H16N4O3S. The standard InChI is InChI=1S/C16H16N4O3S/c1-2-10-20-14(21)9-8-12-11-17-16(18-15(12)20)19-24(22,23)13-6-4-3-5-7-13/h3-9,11H,2,10H2,1H3,(H,17,18,19). The van der Waals surface area contributed by atoms with Crippen molar-refractivity contribution in [3.8, 4) is 0 Å². The van der Waals surface area contributed by atoms with Gasteiger partial charge < -0.3 is 0 Å². The second-order valence-electron chi connectivity index (χ2n) is 5.21. The first-order valence-electron chi connectivity index (χ1n) is 7.46. The largest absolute Gasteiger partial charge is 0.293 e. The molecule has 0 saturated carbocycles. The van der Waals surface area contributed by atoms with E-state index in [9.17, 15) is 13.2 Å². The van der Waals surface area contributed by atoms with Gasteiger partial charge in [-0.3, -0.25) is 9.36 Å². The summed E-state index contributed by atoms with van der Waals surface area (Å²) < 4.78 is 28.6. The van der Waals surface area contributed by atoms with Crippen molar-refractivity contribution < 1.29 is 8.42 Å². The SMILES string of the molecule is CCCn1c(=O)ccc2cnc(NS(=O)(=O)c3ccccc3)nc21. The highest BCUT2D eigenvalue weighted by molar-refractivity contribution is 7.92. The first kappa shape index (κ1) is 16.1. The Hall–Kier alpha value is -2.74. The van der Waals surface area contributed by atoms with E-state index in [-0.39, 0.29) is 16.4 Å². The monoisotopic (exact) mass is 344 g/mol. The lowest BCUT2D eigenvalue weighted by Gasteiger charge is -2.10. The molecule has 0 fully saturated rings. The summed E-state index contributed by atoms with van der Waals surface area (Å²) in [4.78, 5) is 20.4. The predicted octanol–water partition coefficient (Wildman–Crippen LogP) is 2.00. The predicted molar refractivity (Wildman–Crippen MR) is 91.3 cm³/mol. The summed E-state index contributed by atoms with van der Waals surface area (Å²) in [6.45, 7) is 2.45. The molecule has 2 heterocycles. The molecule has 3 aromatic rings. The van der Waals surface area contributed by atoms with Crippen molar-refractivity contribution in [1.29, 1.82) is 0 Å². The molecule has 24 heavy (non-hydrogen) atoms. The first-order valence-corrected chi connectivity index (χ1v) is 8.94. The number of fused-ring (bicyclic) bond motifs is 1. The van der Waals surface area contributed by atoms with Gasteiger partial charge in [0, 0.05) is 24.2 Å². The molecule has 8 heteroatoms. The zero-order chi connectivity index (χ0) is 17.2. The molecule has 0 aliphatic rings. The van der Waals surface area contributed by atoms with E-state index in [1.807, 2.05) is 6.92 Å². The Labute approximate surface area is 139 Å². The van der Waals surface area contributed by atoms with Crippen molar-refractivity contribution in [2.45, 2.75) is 24.8 Å². The molecule has 0 saturated heterocycles. The van der Waals surface area contributed by atoms with Gasteiger partial charge in [0.25, 0.3) is 15.6 Å². The lowest BCUT2D eigenvalue weighted by atomic mass is 10.3. The molecule has 3 rings (SSSR count). The Morgan fingerprint density at radius 1 is 1.12 bits per heavy atom. The van der Waals surface area contributed by atoms with E-state index in [1.54, 1.807) is 24.3 Å². The third-order valence-corrected chi connectivity index (χ3v) is 4.79. The minimum absolute atomic E-state index is 0.0678. The first-order chi connectivity index (χ1) is 11.5. The van der Waals surface area contributed by atoms with Crippen LogP contribution in [0, 0.1) is 0 Å². The maximum atomic E-state index is 12.4. The van der Waals surface area contributed by atoms with Crippen LogP contribution in [-0.4, -0.2) is 23.0 Å². The molecule has 0 aliphatic heterocycles. The summed E-state index contributed by atoms with van der Waals surface area (Å²) in [7, 11) is -3.78. The molecule has 0 aliphatic carbocycles. The van der Waals surface area contributed by atoms with Crippen molar-refractivity contribution in [1.82, 2.24) is 14.5 Å². The van der Waals surface area contributed by atoms with Crippen molar-refractivity contribution in [2.75, 3.05) is 4.72 Å². The highest BCUT2D eigenvalue weighted by Crippen LogP contribution is 2.15. The number of anilines is 1. The fraction of sp³-hybridized carbons (Fsp3) is 0.188. The van der Waals surface area contributed by atoms with E-state index < -0.39 is 10.0 Å². The Morgan fingerprint density at radius 2 is 1.88 bits per heavy atom. The Bertz CT molecular complexity index is 1030. The van der Waals surface area contributed by atoms with Crippen LogP contribution in [0.25, 0.3) is 11.0 Å². The highest BCUT2D eigenvalue weighted by Gasteiger charge is 2.16. The minimum Gasteiger partial charge on any atom is -0.293 e. The zero-order valence-corrected chi connectivity index (χ0v) is 13.8. The summed E-state index contributed by atoms with van der Waals surface area (Å²) in [5, 5.41) is 0.672. The van der Waals surface area contributed by atoms with E-state index in [4.69, 9.17) is 0 Å². The number of benzene rings is 1. The topological polar surface area (TPSA) is 94.0 Å². The fourth-order valence-electron chi connectivity index (χ4n) is 2.34. The van der Waals surface area contributed by atoms with Crippen LogP contribution in [0.15, 0.2) is 58.4 Å². The van der Waals surface area contributed by atoms with E-state index in [1.165, 1.54) is 29.0 Å². The molecule has 0 atom stereocenters. The number of nitrogens with one attached hydrogen (secondary N) is 1. The number of rotatable bonds is 5. The Kier molecular flexibility index (Phi) is 4.30. The molecule has 7 nitrogen and oxygen atoms in total. The molecule has 0 spiro atoms. The van der Waals surface area contributed by atoms with Crippen molar-refractivity contribution in [2.24, 2.45) is 0 Å². The lowest BCUT2D eigenvalue weighted by molar-refractivity contribution is 0.601. The molecular weight excluding hydrogens is 328 g/mol. The smallest absolute Gasteiger partial charge is 0.264 e. The lowest BCUT2D eigenvalue weighted by Crippen LogP contribution is -2.21. The molecule has 124 valence electrons. The summed E-state index contributed by atoms with van der Waals surface area (Å²) in [5.41, 5.74) is 0.227. The van der Waals surface area contributed by atoms with Gasteiger partial charge in [0.05, 0.1) is 4.90 Å². The second kappa shape index (κ2) is 6.40. The normalized spacial score (nSPS) is 11.5. The number of aromatic nitrogens is 3. The van der Waals surface area contributed by atoms with Crippen molar-refractivity contribution >= 4 is 27.0 Å². The third kappa shape index (κ3) is 3.13. The van der Waals surface area contributed by atoms with Crippen LogP contribution in [0.2, 0.25) is 0 Å². The molecule has 0 unspecified atom stereocenters. The van der Waals surface area contributed by atoms with E-state index in [2.05, 4.69) is 14.7 Å². The van der Waals surface area contributed by atoms with Gasteiger partial charge in [0.1, 0.15) is 5.65 Å². The average molecular weight is 344 g/mol. The fourth-order valence-corrected chi connectivity index (χ4v) is 3.31. The number of sulfonamides is 1. The molecule has 1 aromatic carbocycles. The van der Waals surface area contributed by atoms with E-state index in [0.29, 0.717) is 17.6 Å². The Morgan fingerprint density at radius 3 is 2.58 bits per heavy atom. The third-order valence-electron chi connectivity index (χ3n) is 3.45. The molecule has 1 N–H and O–H groups in total. The molecule has 0 radical (unpaired) electrons. The summed E-state index contributed by atoms with van der Waals surface area (Å²) in [5.74, 6) is -0.0678. The van der Waals surface area contributed by atoms with Gasteiger partial charge in [-0.15, -0.1) is 0 Å². The van der Waals surface area contributed by atoms with Crippen molar-refractivity contribution in [3.05, 3.63) is 59.0 Å². The second-order valence-corrected chi connectivity index (χ2v) is 6.90. The van der Waals surface area contributed by atoms with Crippen LogP contribution in [0.3, 0.4) is 0 Å². The zero-order valence-electron chi connectivity index (χ0n) is 13.0. The minimum atomic E-state index is -3.78. The summed E-state index contributed by atoms with van der Waals surface area (Å²) >= 11 is 0. The van der Waals surface area contributed by atoms with Crippen LogP contribution in [0.5, 0.6) is 0 Å². The summed E-state index contributed by atoms with van der Waals surface area (Å²) in [6.07, 6.45) is 2.25. The molecule has 0 bridgehead atoms. The molecule has 0 amide bonds. The van der Waals surface area contributed by atoms with Crippen LogP contribution in [0.4, 0.5) is 5.95 Å². The van der Waals surface area contributed by atoms with Crippen LogP contribution in [-0.2, 0) is 16.6 Å².